The van der Waals surface area contributed by atoms with E-state index in [1.807, 2.05) is 35.2 Å². The molecule has 1 saturated heterocycles. The molecule has 120 valence electrons. The Bertz CT molecular complexity index is 685. The summed E-state index contributed by atoms with van der Waals surface area (Å²) >= 11 is 0. The van der Waals surface area contributed by atoms with Crippen LogP contribution in [0, 0.1) is 0 Å². The molecule has 1 aromatic carbocycles. The molecule has 5 heteroatoms. The van der Waals surface area contributed by atoms with Gasteiger partial charge in [-0.2, -0.15) is 0 Å². The summed E-state index contributed by atoms with van der Waals surface area (Å²) in [6, 6.07) is 11.3. The fourth-order valence-electron chi connectivity index (χ4n) is 3.06. The molecular formula is C18H21N3O2. The lowest BCUT2D eigenvalue weighted by Crippen LogP contribution is -2.38. The second-order valence-electron chi connectivity index (χ2n) is 5.77. The minimum Gasteiger partial charge on any atom is -0.397 e. The molecule has 1 amide bonds. The van der Waals surface area contributed by atoms with Crippen LogP contribution in [0.4, 0.5) is 5.69 Å². The SMILES string of the molecule is COC[C@@H]1CCCN1C(=O)c1ccc(-c2ncccc2N)cc1. The molecule has 1 aromatic heterocycles. The van der Waals surface area contributed by atoms with Crippen LogP contribution in [0.3, 0.4) is 0 Å². The number of nitrogen functional groups attached to an aromatic ring is 1. The number of hydrogen-bond acceptors (Lipinski definition) is 4. The van der Waals surface area contributed by atoms with Gasteiger partial charge in [0.05, 0.1) is 24.0 Å². The van der Waals surface area contributed by atoms with Gasteiger partial charge in [-0.05, 0) is 37.1 Å². The van der Waals surface area contributed by atoms with Gasteiger partial charge in [-0.1, -0.05) is 12.1 Å². The van der Waals surface area contributed by atoms with Gasteiger partial charge in [0.2, 0.25) is 0 Å². The van der Waals surface area contributed by atoms with E-state index in [1.165, 1.54) is 0 Å². The molecule has 1 aliphatic heterocycles. The molecule has 3 rings (SSSR count). The van der Waals surface area contributed by atoms with Crippen LogP contribution in [0.2, 0.25) is 0 Å². The summed E-state index contributed by atoms with van der Waals surface area (Å²) in [4.78, 5) is 18.9. The molecule has 0 saturated carbocycles. The van der Waals surface area contributed by atoms with Crippen LogP contribution in [0.1, 0.15) is 23.2 Å². The van der Waals surface area contributed by atoms with Crippen molar-refractivity contribution >= 4 is 11.6 Å². The Balaban J connectivity index is 1.79. The number of pyridine rings is 1. The average Bonchev–Trinajstić information content (AvgIpc) is 3.03. The Morgan fingerprint density at radius 3 is 2.83 bits per heavy atom. The van der Waals surface area contributed by atoms with Crippen molar-refractivity contribution < 1.29 is 9.53 Å². The zero-order chi connectivity index (χ0) is 16.2. The number of hydrogen-bond donors (Lipinski definition) is 1. The third kappa shape index (κ3) is 3.19. The van der Waals surface area contributed by atoms with Crippen molar-refractivity contribution in [1.82, 2.24) is 9.88 Å². The summed E-state index contributed by atoms with van der Waals surface area (Å²) in [5.74, 6) is 0.0603. The maximum atomic E-state index is 12.7. The fraction of sp³-hybridized carbons (Fsp3) is 0.333. The van der Waals surface area contributed by atoms with Gasteiger partial charge in [0, 0.05) is 31.0 Å². The van der Waals surface area contributed by atoms with Crippen molar-refractivity contribution in [2.75, 3.05) is 26.0 Å². The maximum absolute atomic E-state index is 12.7. The second-order valence-corrected chi connectivity index (χ2v) is 5.77. The van der Waals surface area contributed by atoms with Crippen LogP contribution in [-0.2, 0) is 4.74 Å². The highest BCUT2D eigenvalue weighted by molar-refractivity contribution is 5.95. The monoisotopic (exact) mass is 311 g/mol. The molecule has 0 unspecified atom stereocenters. The first kappa shape index (κ1) is 15.5. The normalized spacial score (nSPS) is 17.4. The number of carbonyl (C=O) groups is 1. The minimum atomic E-state index is 0.0603. The van der Waals surface area contributed by atoms with Crippen molar-refractivity contribution in [3.05, 3.63) is 48.2 Å². The predicted octanol–water partition coefficient (Wildman–Crippen LogP) is 2.58. The van der Waals surface area contributed by atoms with Crippen molar-refractivity contribution in [3.63, 3.8) is 0 Å². The van der Waals surface area contributed by atoms with Gasteiger partial charge in [-0.15, -0.1) is 0 Å². The van der Waals surface area contributed by atoms with E-state index in [9.17, 15) is 4.79 Å². The summed E-state index contributed by atoms with van der Waals surface area (Å²) in [5, 5.41) is 0. The van der Waals surface area contributed by atoms with E-state index in [0.29, 0.717) is 17.9 Å². The van der Waals surface area contributed by atoms with Crippen molar-refractivity contribution in [1.29, 1.82) is 0 Å². The van der Waals surface area contributed by atoms with Gasteiger partial charge in [0.15, 0.2) is 0 Å². The molecule has 1 fully saturated rings. The summed E-state index contributed by atoms with van der Waals surface area (Å²) in [6.45, 7) is 1.39. The van der Waals surface area contributed by atoms with Crippen LogP contribution in [-0.4, -0.2) is 42.1 Å². The van der Waals surface area contributed by atoms with E-state index in [4.69, 9.17) is 10.5 Å². The lowest BCUT2D eigenvalue weighted by atomic mass is 10.1. The smallest absolute Gasteiger partial charge is 0.254 e. The van der Waals surface area contributed by atoms with Crippen LogP contribution in [0.5, 0.6) is 0 Å². The Kier molecular flexibility index (Phi) is 4.57. The first-order valence-electron chi connectivity index (χ1n) is 7.81. The highest BCUT2D eigenvalue weighted by Crippen LogP contribution is 2.25. The summed E-state index contributed by atoms with van der Waals surface area (Å²) < 4.78 is 5.22. The number of aromatic nitrogens is 1. The number of ether oxygens (including phenoxy) is 1. The molecule has 0 radical (unpaired) electrons. The molecule has 1 atom stereocenters. The highest BCUT2D eigenvalue weighted by Gasteiger charge is 2.29. The number of rotatable bonds is 4. The average molecular weight is 311 g/mol. The Morgan fingerprint density at radius 1 is 1.35 bits per heavy atom. The molecule has 0 aliphatic carbocycles. The van der Waals surface area contributed by atoms with Crippen molar-refractivity contribution in [2.45, 2.75) is 18.9 Å². The first-order valence-corrected chi connectivity index (χ1v) is 7.81. The molecule has 2 heterocycles. The van der Waals surface area contributed by atoms with Gasteiger partial charge < -0.3 is 15.4 Å². The maximum Gasteiger partial charge on any atom is 0.254 e. The van der Waals surface area contributed by atoms with Crippen LogP contribution in [0.25, 0.3) is 11.3 Å². The fourth-order valence-corrected chi connectivity index (χ4v) is 3.06. The summed E-state index contributed by atoms with van der Waals surface area (Å²) in [7, 11) is 1.67. The molecule has 1 aliphatic rings. The molecule has 0 bridgehead atoms. The van der Waals surface area contributed by atoms with Crippen molar-refractivity contribution in [3.8, 4) is 11.3 Å². The molecule has 23 heavy (non-hydrogen) atoms. The third-order valence-electron chi connectivity index (χ3n) is 4.24. The van der Waals surface area contributed by atoms with Gasteiger partial charge in [-0.3, -0.25) is 9.78 Å². The van der Waals surface area contributed by atoms with Gasteiger partial charge in [-0.25, -0.2) is 0 Å². The second kappa shape index (κ2) is 6.79. The number of benzene rings is 1. The molecule has 2 aromatic rings. The molecule has 2 N–H and O–H groups in total. The molecular weight excluding hydrogens is 290 g/mol. The van der Waals surface area contributed by atoms with Gasteiger partial charge in [0.1, 0.15) is 0 Å². The number of methoxy groups -OCH3 is 1. The topological polar surface area (TPSA) is 68.5 Å². The number of amides is 1. The summed E-state index contributed by atoms with van der Waals surface area (Å²) in [6.07, 6.45) is 3.74. The number of carbonyl (C=O) groups excluding carboxylic acids is 1. The van der Waals surface area contributed by atoms with E-state index >= 15 is 0 Å². The number of likely N-dealkylation sites (tertiary alicyclic amines) is 1. The van der Waals surface area contributed by atoms with Crippen molar-refractivity contribution in [2.24, 2.45) is 0 Å². The highest BCUT2D eigenvalue weighted by atomic mass is 16.5. The lowest BCUT2D eigenvalue weighted by molar-refractivity contribution is 0.0630. The number of nitrogens with two attached hydrogens (primary N) is 1. The lowest BCUT2D eigenvalue weighted by Gasteiger charge is -2.24. The largest absolute Gasteiger partial charge is 0.397 e. The summed E-state index contributed by atoms with van der Waals surface area (Å²) in [5.41, 5.74) is 8.92. The van der Waals surface area contributed by atoms with Gasteiger partial charge in [0.25, 0.3) is 5.91 Å². The van der Waals surface area contributed by atoms with Crippen LogP contribution >= 0.6 is 0 Å². The van der Waals surface area contributed by atoms with E-state index in [-0.39, 0.29) is 11.9 Å². The van der Waals surface area contributed by atoms with E-state index in [1.54, 1.807) is 19.4 Å². The van der Waals surface area contributed by atoms with Gasteiger partial charge >= 0.3 is 0 Å². The Morgan fingerprint density at radius 2 is 2.13 bits per heavy atom. The number of anilines is 1. The minimum absolute atomic E-state index is 0.0603. The van der Waals surface area contributed by atoms with Crippen LogP contribution in [0.15, 0.2) is 42.6 Å². The predicted molar refractivity (Wildman–Crippen MR) is 90.0 cm³/mol. The standard InChI is InChI=1S/C18H21N3O2/c1-23-12-15-4-3-11-21(15)18(22)14-8-6-13(7-9-14)17-16(19)5-2-10-20-17/h2,5-10,15H,3-4,11-12,19H2,1H3/t15-/m0/s1. The third-order valence-corrected chi connectivity index (χ3v) is 4.24. The Labute approximate surface area is 136 Å². The van der Waals surface area contributed by atoms with E-state index < -0.39 is 0 Å². The first-order chi connectivity index (χ1) is 11.2. The van der Waals surface area contributed by atoms with E-state index in [2.05, 4.69) is 4.98 Å². The quantitative estimate of drug-likeness (QED) is 0.942. The Hall–Kier alpha value is -2.40. The molecule has 5 nitrogen and oxygen atoms in total. The zero-order valence-electron chi connectivity index (χ0n) is 13.2. The number of nitrogens with zero attached hydrogens (tertiary/aromatic N) is 2. The molecule has 0 spiro atoms. The zero-order valence-corrected chi connectivity index (χ0v) is 13.2. The van der Waals surface area contributed by atoms with E-state index in [0.717, 1.165) is 30.6 Å². The van der Waals surface area contributed by atoms with Crippen LogP contribution < -0.4 is 5.73 Å².